The number of nitrogens with zero attached hydrogens (tertiary/aromatic N) is 1. The molecule has 4 rings (SSSR count). The maximum atomic E-state index is 14.4. The Bertz CT molecular complexity index is 1030. The van der Waals surface area contributed by atoms with Crippen molar-refractivity contribution in [2.75, 3.05) is 19.7 Å². The molecule has 0 N–H and O–H groups in total. The number of carbonyl (C=O) groups is 2. The smallest absolute Gasteiger partial charge is 0.256 e. The lowest BCUT2D eigenvalue weighted by molar-refractivity contribution is -0.121. The Morgan fingerprint density at radius 3 is 2.57 bits per heavy atom. The zero-order valence-electron chi connectivity index (χ0n) is 16.5. The molecule has 1 fully saturated rings. The van der Waals surface area contributed by atoms with Crippen LogP contribution in [0.1, 0.15) is 29.8 Å². The molecule has 2 aromatic rings. The summed E-state index contributed by atoms with van der Waals surface area (Å²) in [6.45, 7) is 3.99. The highest BCUT2D eigenvalue weighted by Crippen LogP contribution is 2.35. The first-order valence-electron chi connectivity index (χ1n) is 9.54. The fraction of sp³-hybridized carbons (Fsp3) is 0.364. The predicted molar refractivity (Wildman–Crippen MR) is 101 cm³/mol. The minimum Gasteiger partial charge on any atom is -0.485 e. The summed E-state index contributed by atoms with van der Waals surface area (Å²) in [6.07, 6.45) is 0.0998. The van der Waals surface area contributed by atoms with Crippen molar-refractivity contribution in [2.24, 2.45) is 5.92 Å². The molecule has 8 heteroatoms. The number of halogens is 3. The molecule has 0 radical (unpaired) electrons. The second kappa shape index (κ2) is 7.34. The highest BCUT2D eigenvalue weighted by molar-refractivity contribution is 5.96. The quantitative estimate of drug-likeness (QED) is 0.761. The Kier molecular flexibility index (Phi) is 4.95. The van der Waals surface area contributed by atoms with E-state index in [1.807, 2.05) is 0 Å². The van der Waals surface area contributed by atoms with Crippen LogP contribution >= 0.6 is 0 Å². The molecule has 2 heterocycles. The van der Waals surface area contributed by atoms with Gasteiger partial charge in [-0.1, -0.05) is 0 Å². The third-order valence-corrected chi connectivity index (χ3v) is 5.58. The molecule has 5 nitrogen and oxygen atoms in total. The standard InChI is InChI=1S/C22H20F3NO4/c1-22(2,30-19-4-3-14(23)7-18(19)25)13-9-26(10-13)21(28)16-6-12-5-15(27)11-29-20(12)8-17(16)24/h3-4,6-8,13H,5,9-11H2,1-2H3. The van der Waals surface area contributed by atoms with Crippen molar-refractivity contribution < 1.29 is 32.2 Å². The van der Waals surface area contributed by atoms with Gasteiger partial charge in [-0.3, -0.25) is 9.59 Å². The lowest BCUT2D eigenvalue weighted by Gasteiger charge is -2.47. The van der Waals surface area contributed by atoms with Gasteiger partial charge < -0.3 is 14.4 Å². The minimum atomic E-state index is -0.829. The molecular formula is C22H20F3NO4. The van der Waals surface area contributed by atoms with E-state index < -0.39 is 29.0 Å². The van der Waals surface area contributed by atoms with E-state index in [0.717, 1.165) is 18.2 Å². The summed E-state index contributed by atoms with van der Waals surface area (Å²) in [5.74, 6) is -2.76. The molecular weight excluding hydrogens is 399 g/mol. The second-order valence-electron chi connectivity index (χ2n) is 8.13. The number of likely N-dealkylation sites (tertiary alicyclic amines) is 1. The molecule has 1 amide bonds. The molecule has 0 saturated carbocycles. The molecule has 158 valence electrons. The number of fused-ring (bicyclic) bond motifs is 1. The van der Waals surface area contributed by atoms with Gasteiger partial charge in [0.25, 0.3) is 5.91 Å². The first kappa shape index (κ1) is 20.3. The summed E-state index contributed by atoms with van der Waals surface area (Å²) in [7, 11) is 0. The van der Waals surface area contributed by atoms with Crippen LogP contribution in [0.15, 0.2) is 30.3 Å². The van der Waals surface area contributed by atoms with Gasteiger partial charge >= 0.3 is 0 Å². The predicted octanol–water partition coefficient (Wildman–Crippen LogP) is 3.54. The second-order valence-corrected chi connectivity index (χ2v) is 8.13. The number of hydrogen-bond donors (Lipinski definition) is 0. The average molecular weight is 419 g/mol. The highest BCUT2D eigenvalue weighted by Gasteiger charge is 2.43. The molecule has 0 aliphatic carbocycles. The third kappa shape index (κ3) is 3.74. The van der Waals surface area contributed by atoms with Crippen LogP contribution in [-0.4, -0.2) is 41.9 Å². The van der Waals surface area contributed by atoms with Crippen LogP contribution in [0.4, 0.5) is 13.2 Å². The van der Waals surface area contributed by atoms with Gasteiger partial charge in [-0.25, -0.2) is 13.2 Å². The van der Waals surface area contributed by atoms with Gasteiger partial charge in [-0.2, -0.15) is 0 Å². The Labute approximate surface area is 171 Å². The van der Waals surface area contributed by atoms with Crippen molar-refractivity contribution in [3.8, 4) is 11.5 Å². The van der Waals surface area contributed by atoms with Crippen LogP contribution in [0.2, 0.25) is 0 Å². The van der Waals surface area contributed by atoms with Gasteiger partial charge in [-0.15, -0.1) is 0 Å². The van der Waals surface area contributed by atoms with Crippen LogP contribution in [-0.2, 0) is 11.2 Å². The van der Waals surface area contributed by atoms with Crippen LogP contribution in [0.5, 0.6) is 11.5 Å². The fourth-order valence-electron chi connectivity index (χ4n) is 3.64. The van der Waals surface area contributed by atoms with E-state index in [1.165, 1.54) is 17.0 Å². The van der Waals surface area contributed by atoms with Crippen molar-refractivity contribution >= 4 is 11.7 Å². The summed E-state index contributed by atoms with van der Waals surface area (Å²) in [5.41, 5.74) is -0.457. The largest absolute Gasteiger partial charge is 0.485 e. The van der Waals surface area contributed by atoms with E-state index in [4.69, 9.17) is 9.47 Å². The minimum absolute atomic E-state index is 0.0726. The van der Waals surface area contributed by atoms with Crippen molar-refractivity contribution in [3.05, 3.63) is 58.9 Å². The van der Waals surface area contributed by atoms with Gasteiger partial charge in [0, 0.05) is 43.1 Å². The van der Waals surface area contributed by atoms with E-state index in [1.54, 1.807) is 13.8 Å². The number of ether oxygens (including phenoxy) is 2. The number of amides is 1. The first-order chi connectivity index (χ1) is 14.1. The van der Waals surface area contributed by atoms with Gasteiger partial charge in [0.1, 0.15) is 29.6 Å². The van der Waals surface area contributed by atoms with E-state index in [2.05, 4.69) is 0 Å². The summed E-state index contributed by atoms with van der Waals surface area (Å²) in [4.78, 5) is 25.8. The average Bonchev–Trinajstić information content (AvgIpc) is 2.62. The Morgan fingerprint density at radius 2 is 1.87 bits per heavy atom. The van der Waals surface area contributed by atoms with Gasteiger partial charge in [0.05, 0.1) is 5.56 Å². The van der Waals surface area contributed by atoms with Crippen LogP contribution < -0.4 is 9.47 Å². The molecule has 2 aliphatic rings. The summed E-state index contributed by atoms with van der Waals surface area (Å²) in [6, 6.07) is 5.58. The van der Waals surface area contributed by atoms with Crippen LogP contribution in [0.25, 0.3) is 0 Å². The van der Waals surface area contributed by atoms with Crippen LogP contribution in [0.3, 0.4) is 0 Å². The van der Waals surface area contributed by atoms with E-state index in [9.17, 15) is 22.8 Å². The zero-order valence-corrected chi connectivity index (χ0v) is 16.5. The monoisotopic (exact) mass is 419 g/mol. The number of ketones is 1. The molecule has 2 aliphatic heterocycles. The fourth-order valence-corrected chi connectivity index (χ4v) is 3.64. The molecule has 30 heavy (non-hydrogen) atoms. The number of carbonyl (C=O) groups excluding carboxylic acids is 2. The maximum absolute atomic E-state index is 14.4. The van der Waals surface area contributed by atoms with Crippen molar-refractivity contribution in [3.63, 3.8) is 0 Å². The third-order valence-electron chi connectivity index (χ3n) is 5.58. The molecule has 1 saturated heterocycles. The summed E-state index contributed by atoms with van der Waals surface area (Å²) < 4.78 is 52.3. The topological polar surface area (TPSA) is 55.8 Å². The summed E-state index contributed by atoms with van der Waals surface area (Å²) in [5, 5.41) is 0. The molecule has 0 atom stereocenters. The maximum Gasteiger partial charge on any atom is 0.256 e. The molecule has 0 unspecified atom stereocenters. The number of hydrogen-bond acceptors (Lipinski definition) is 4. The van der Waals surface area contributed by atoms with Crippen molar-refractivity contribution in [2.45, 2.75) is 25.9 Å². The lowest BCUT2D eigenvalue weighted by atomic mass is 9.83. The van der Waals surface area contributed by atoms with Crippen LogP contribution in [0, 0.1) is 23.4 Å². The van der Waals surface area contributed by atoms with Gasteiger partial charge in [-0.05, 0) is 32.0 Å². The zero-order chi connectivity index (χ0) is 21.6. The number of Topliss-reactive ketones (excluding diaryl/α,β-unsaturated/α-hetero) is 1. The first-order valence-corrected chi connectivity index (χ1v) is 9.54. The van der Waals surface area contributed by atoms with Crippen molar-refractivity contribution in [1.82, 2.24) is 4.90 Å². The van der Waals surface area contributed by atoms with Gasteiger partial charge in [0.15, 0.2) is 17.3 Å². The Hall–Kier alpha value is -3.03. The molecule has 0 aromatic heterocycles. The van der Waals surface area contributed by atoms with Crippen molar-refractivity contribution in [1.29, 1.82) is 0 Å². The van der Waals surface area contributed by atoms with E-state index in [-0.39, 0.29) is 41.8 Å². The SMILES string of the molecule is CC(C)(Oc1ccc(F)cc1F)C1CN(C(=O)c2cc3c(cc2F)OCC(=O)C3)C1. The van der Waals surface area contributed by atoms with Gasteiger partial charge in [0.2, 0.25) is 0 Å². The normalized spacial score (nSPS) is 16.6. The summed E-state index contributed by atoms with van der Waals surface area (Å²) >= 11 is 0. The Morgan fingerprint density at radius 1 is 1.13 bits per heavy atom. The lowest BCUT2D eigenvalue weighted by Crippen LogP contribution is -2.59. The number of benzene rings is 2. The Balaban J connectivity index is 1.44. The molecule has 2 aromatic carbocycles. The number of rotatable bonds is 4. The highest BCUT2D eigenvalue weighted by atomic mass is 19.1. The van der Waals surface area contributed by atoms with E-state index >= 15 is 0 Å². The van der Waals surface area contributed by atoms with E-state index in [0.29, 0.717) is 18.7 Å². The molecule has 0 bridgehead atoms. The molecule has 0 spiro atoms.